The number of aromatic nitrogens is 5. The molecule has 5 aromatic rings. The Balaban J connectivity index is 1.32. The van der Waals surface area contributed by atoms with Gasteiger partial charge in [0.1, 0.15) is 29.5 Å². The first-order valence-corrected chi connectivity index (χ1v) is 10.0. The molecule has 0 aliphatic rings. The Morgan fingerprint density at radius 3 is 2.56 bits per heavy atom. The minimum absolute atomic E-state index is 0.251. The zero-order valence-electron chi connectivity index (χ0n) is 17.2. The van der Waals surface area contributed by atoms with E-state index in [1.54, 1.807) is 18.7 Å². The summed E-state index contributed by atoms with van der Waals surface area (Å²) in [6.07, 6.45) is 6.86. The summed E-state index contributed by atoms with van der Waals surface area (Å²) in [6, 6.07) is 18.8. The van der Waals surface area contributed by atoms with Gasteiger partial charge < -0.3 is 10.6 Å². The van der Waals surface area contributed by atoms with E-state index >= 15 is 0 Å². The van der Waals surface area contributed by atoms with Crippen LogP contribution < -0.4 is 10.6 Å². The summed E-state index contributed by atoms with van der Waals surface area (Å²) in [7, 11) is 0. The van der Waals surface area contributed by atoms with Gasteiger partial charge in [0.05, 0.1) is 0 Å². The smallest absolute Gasteiger partial charge is 0.274 e. The lowest BCUT2D eigenvalue weighted by atomic mass is 10.1. The number of nitrogens with zero attached hydrogens (tertiary/aromatic N) is 5. The molecule has 0 atom stereocenters. The van der Waals surface area contributed by atoms with Gasteiger partial charge in [-0.2, -0.15) is 0 Å². The van der Waals surface area contributed by atoms with Gasteiger partial charge in [0.25, 0.3) is 5.91 Å². The number of carbonyl (C=O) groups is 1. The Kier molecular flexibility index (Phi) is 5.01. The molecule has 1 amide bonds. The van der Waals surface area contributed by atoms with Crippen molar-refractivity contribution in [2.75, 3.05) is 10.6 Å². The number of rotatable bonds is 5. The lowest BCUT2D eigenvalue weighted by Crippen LogP contribution is -2.14. The highest BCUT2D eigenvalue weighted by Crippen LogP contribution is 2.21. The predicted octanol–water partition coefficient (Wildman–Crippen LogP) is 4.51. The molecule has 0 spiro atoms. The second-order valence-electron chi connectivity index (χ2n) is 7.17. The number of benzene rings is 2. The molecular formula is C24H19N7O. The van der Waals surface area contributed by atoms with E-state index < -0.39 is 0 Å². The Morgan fingerprint density at radius 2 is 1.75 bits per heavy atom. The number of pyridine rings is 1. The molecule has 2 aromatic carbocycles. The van der Waals surface area contributed by atoms with Crippen LogP contribution in [0.3, 0.4) is 0 Å². The molecule has 0 bridgehead atoms. The molecule has 0 fully saturated rings. The standard InChI is InChI=1S/C24H19N7O/c1-16-27-21(14-22(28-16)31-13-12-25-15-31)29-18-6-8-19(9-7-18)30-24(32)23-20-5-3-2-4-17(20)10-11-26-23/h2-15H,1H3,(H,30,32)(H,27,28,29). The van der Waals surface area contributed by atoms with Crippen molar-refractivity contribution in [2.24, 2.45) is 0 Å². The predicted molar refractivity (Wildman–Crippen MR) is 123 cm³/mol. The van der Waals surface area contributed by atoms with Gasteiger partial charge in [0.15, 0.2) is 0 Å². The van der Waals surface area contributed by atoms with Crippen molar-refractivity contribution in [1.82, 2.24) is 24.5 Å². The number of nitrogens with one attached hydrogen (secondary N) is 2. The average molecular weight is 421 g/mol. The van der Waals surface area contributed by atoms with Gasteiger partial charge in [-0.3, -0.25) is 14.3 Å². The number of amides is 1. The number of aryl methyl sites for hydroxylation is 1. The molecule has 156 valence electrons. The normalized spacial score (nSPS) is 10.8. The molecule has 0 unspecified atom stereocenters. The Bertz CT molecular complexity index is 1390. The van der Waals surface area contributed by atoms with Crippen molar-refractivity contribution in [3.8, 4) is 5.82 Å². The third-order valence-corrected chi connectivity index (χ3v) is 4.90. The van der Waals surface area contributed by atoms with E-state index in [-0.39, 0.29) is 5.91 Å². The van der Waals surface area contributed by atoms with E-state index in [1.165, 1.54) is 0 Å². The summed E-state index contributed by atoms with van der Waals surface area (Å²) in [5.41, 5.74) is 1.91. The number of fused-ring (bicyclic) bond motifs is 1. The molecule has 0 aliphatic heterocycles. The molecule has 32 heavy (non-hydrogen) atoms. The van der Waals surface area contributed by atoms with Crippen molar-refractivity contribution in [1.29, 1.82) is 0 Å². The van der Waals surface area contributed by atoms with Crippen molar-refractivity contribution >= 4 is 33.9 Å². The van der Waals surface area contributed by atoms with Crippen LogP contribution >= 0.6 is 0 Å². The first-order chi connectivity index (χ1) is 15.7. The highest BCUT2D eigenvalue weighted by Gasteiger charge is 2.12. The van der Waals surface area contributed by atoms with Gasteiger partial charge in [-0.25, -0.2) is 15.0 Å². The molecule has 0 aliphatic carbocycles. The van der Waals surface area contributed by atoms with Gasteiger partial charge in [-0.05, 0) is 42.6 Å². The Morgan fingerprint density at radius 1 is 0.938 bits per heavy atom. The molecule has 3 heterocycles. The van der Waals surface area contributed by atoms with Crippen LogP contribution in [0.25, 0.3) is 16.6 Å². The number of hydrogen-bond acceptors (Lipinski definition) is 6. The molecule has 5 rings (SSSR count). The summed E-state index contributed by atoms with van der Waals surface area (Å²) in [5, 5.41) is 7.98. The monoisotopic (exact) mass is 421 g/mol. The molecule has 0 saturated heterocycles. The fourth-order valence-corrected chi connectivity index (χ4v) is 3.42. The highest BCUT2D eigenvalue weighted by atomic mass is 16.1. The van der Waals surface area contributed by atoms with Gasteiger partial charge in [0.2, 0.25) is 0 Å². The molecular weight excluding hydrogens is 402 g/mol. The SMILES string of the molecule is Cc1nc(Nc2ccc(NC(=O)c3nccc4ccccc34)cc2)cc(-n2ccnc2)n1. The maximum Gasteiger partial charge on any atom is 0.274 e. The molecule has 2 N–H and O–H groups in total. The Labute approximate surface area is 184 Å². The number of hydrogen-bond donors (Lipinski definition) is 2. The van der Waals surface area contributed by atoms with E-state index in [0.29, 0.717) is 23.0 Å². The maximum absolute atomic E-state index is 12.8. The maximum atomic E-state index is 12.8. The van der Waals surface area contributed by atoms with Crippen molar-refractivity contribution < 1.29 is 4.79 Å². The zero-order chi connectivity index (χ0) is 21.9. The summed E-state index contributed by atoms with van der Waals surface area (Å²) in [6.45, 7) is 1.84. The first-order valence-electron chi connectivity index (χ1n) is 10.0. The largest absolute Gasteiger partial charge is 0.340 e. The topological polar surface area (TPSA) is 97.6 Å². The minimum atomic E-state index is -0.251. The lowest BCUT2D eigenvalue weighted by Gasteiger charge is -2.10. The van der Waals surface area contributed by atoms with Crippen LogP contribution in [0.1, 0.15) is 16.3 Å². The van der Waals surface area contributed by atoms with E-state index in [1.807, 2.05) is 78.4 Å². The van der Waals surface area contributed by atoms with Crippen molar-refractivity contribution in [3.05, 3.63) is 97.1 Å². The van der Waals surface area contributed by atoms with Crippen LogP contribution in [0.5, 0.6) is 0 Å². The molecule has 0 saturated carbocycles. The van der Waals surface area contributed by atoms with Crippen LogP contribution in [-0.2, 0) is 0 Å². The van der Waals surface area contributed by atoms with Gasteiger partial charge in [-0.15, -0.1) is 0 Å². The minimum Gasteiger partial charge on any atom is -0.340 e. The van der Waals surface area contributed by atoms with Crippen LogP contribution in [0, 0.1) is 6.92 Å². The van der Waals surface area contributed by atoms with E-state index in [0.717, 1.165) is 22.3 Å². The van der Waals surface area contributed by atoms with Crippen LogP contribution in [0.4, 0.5) is 17.2 Å². The van der Waals surface area contributed by atoms with Crippen LogP contribution in [0.2, 0.25) is 0 Å². The summed E-state index contributed by atoms with van der Waals surface area (Å²) >= 11 is 0. The van der Waals surface area contributed by atoms with Crippen LogP contribution in [-0.4, -0.2) is 30.4 Å². The average Bonchev–Trinajstić information content (AvgIpc) is 3.35. The molecule has 8 heteroatoms. The van der Waals surface area contributed by atoms with Gasteiger partial charge in [0, 0.05) is 41.4 Å². The lowest BCUT2D eigenvalue weighted by molar-refractivity contribution is 0.102. The third-order valence-electron chi connectivity index (χ3n) is 4.90. The van der Waals surface area contributed by atoms with Crippen LogP contribution in [0.15, 0.2) is 85.6 Å². The zero-order valence-corrected chi connectivity index (χ0v) is 17.2. The Hall–Kier alpha value is -4.59. The molecule has 3 aromatic heterocycles. The van der Waals surface area contributed by atoms with E-state index in [2.05, 4.69) is 30.6 Å². The van der Waals surface area contributed by atoms with Gasteiger partial charge in [-0.1, -0.05) is 24.3 Å². The van der Waals surface area contributed by atoms with E-state index in [4.69, 9.17) is 0 Å². The molecule has 8 nitrogen and oxygen atoms in total. The summed E-state index contributed by atoms with van der Waals surface area (Å²) in [5.74, 6) is 1.78. The van der Waals surface area contributed by atoms with E-state index in [9.17, 15) is 4.79 Å². The summed E-state index contributed by atoms with van der Waals surface area (Å²) in [4.78, 5) is 30.0. The van der Waals surface area contributed by atoms with Gasteiger partial charge >= 0.3 is 0 Å². The third kappa shape index (κ3) is 4.01. The number of anilines is 3. The highest BCUT2D eigenvalue weighted by molar-refractivity contribution is 6.11. The quantitative estimate of drug-likeness (QED) is 0.433. The number of carbonyl (C=O) groups excluding carboxylic acids is 1. The second-order valence-corrected chi connectivity index (χ2v) is 7.17. The summed E-state index contributed by atoms with van der Waals surface area (Å²) < 4.78 is 1.82. The number of imidazole rings is 1. The van der Waals surface area contributed by atoms with Crippen molar-refractivity contribution in [3.63, 3.8) is 0 Å². The second kappa shape index (κ2) is 8.27. The first kappa shape index (κ1) is 19.4. The fraction of sp³-hybridized carbons (Fsp3) is 0.0417. The van der Waals surface area contributed by atoms with Crippen molar-refractivity contribution in [2.45, 2.75) is 6.92 Å². The fourth-order valence-electron chi connectivity index (χ4n) is 3.42. The molecule has 0 radical (unpaired) electrons.